The minimum Gasteiger partial charge on any atom is -0.332 e. The fourth-order valence-corrected chi connectivity index (χ4v) is 2.37. The van der Waals surface area contributed by atoms with Crippen LogP contribution < -0.4 is 11.2 Å². The quantitative estimate of drug-likeness (QED) is 0.767. The van der Waals surface area contributed by atoms with Crippen molar-refractivity contribution in [3.63, 3.8) is 0 Å². The number of benzene rings is 1. The molecule has 0 bridgehead atoms. The fourth-order valence-electron chi connectivity index (χ4n) is 2.37. The molecule has 0 aliphatic rings. The van der Waals surface area contributed by atoms with Crippen LogP contribution in [0, 0.1) is 0 Å². The van der Waals surface area contributed by atoms with Gasteiger partial charge in [0, 0.05) is 12.1 Å². The maximum absolute atomic E-state index is 11.9. The number of hydrogen-bond acceptors (Lipinski definition) is 3. The highest BCUT2D eigenvalue weighted by Gasteiger charge is 2.12. The summed E-state index contributed by atoms with van der Waals surface area (Å²) < 4.78 is 1.44. The molecular weight excluding hydrogens is 268 g/mol. The van der Waals surface area contributed by atoms with Gasteiger partial charge in [-0.3, -0.25) is 14.3 Å². The Kier molecular flexibility index (Phi) is 3.21. The lowest BCUT2D eigenvalue weighted by Gasteiger charge is -2.00. The zero-order valence-electron chi connectivity index (χ0n) is 11.9. The molecule has 0 fully saturated rings. The summed E-state index contributed by atoms with van der Waals surface area (Å²) >= 11 is 0. The lowest BCUT2D eigenvalue weighted by molar-refractivity contribution is 0.720. The molecule has 0 saturated carbocycles. The van der Waals surface area contributed by atoms with Crippen LogP contribution in [0.15, 0.2) is 33.9 Å². The van der Waals surface area contributed by atoms with Crippen molar-refractivity contribution in [3.8, 4) is 11.4 Å². The lowest BCUT2D eigenvalue weighted by Crippen LogP contribution is -2.29. The smallest absolute Gasteiger partial charge is 0.330 e. The zero-order chi connectivity index (χ0) is 15.0. The van der Waals surface area contributed by atoms with Gasteiger partial charge in [-0.05, 0) is 18.9 Å². The molecule has 0 aliphatic heterocycles. The average Bonchev–Trinajstić information content (AvgIpc) is 2.93. The Morgan fingerprint density at radius 2 is 1.81 bits per heavy atom. The van der Waals surface area contributed by atoms with Crippen LogP contribution in [0.5, 0.6) is 0 Å². The van der Waals surface area contributed by atoms with Gasteiger partial charge in [0.25, 0.3) is 5.56 Å². The molecule has 0 amide bonds. The Hall–Kier alpha value is -2.63. The largest absolute Gasteiger partial charge is 0.332 e. The third-order valence-corrected chi connectivity index (χ3v) is 3.58. The second-order valence-corrected chi connectivity index (χ2v) is 4.84. The molecule has 0 spiro atoms. The van der Waals surface area contributed by atoms with Crippen molar-refractivity contribution in [2.24, 2.45) is 0 Å². The molecule has 0 radical (unpaired) electrons. The Balaban J connectivity index is 2.23. The summed E-state index contributed by atoms with van der Waals surface area (Å²) in [5, 5.41) is 0. The summed E-state index contributed by atoms with van der Waals surface area (Å²) in [5.74, 6) is 0.589. The third-order valence-electron chi connectivity index (χ3n) is 3.58. The molecule has 108 valence electrons. The van der Waals surface area contributed by atoms with E-state index in [0.29, 0.717) is 23.5 Å². The summed E-state index contributed by atoms with van der Waals surface area (Å²) in [5.41, 5.74) is 1.96. The van der Waals surface area contributed by atoms with Gasteiger partial charge in [0.15, 0.2) is 5.65 Å². The number of aromatic nitrogens is 4. The fraction of sp³-hybridized carbons (Fsp3) is 0.267. The molecule has 0 unspecified atom stereocenters. The number of imidazole rings is 1. The van der Waals surface area contributed by atoms with Crippen LogP contribution in [0.2, 0.25) is 0 Å². The van der Waals surface area contributed by atoms with E-state index in [4.69, 9.17) is 0 Å². The normalized spacial score (nSPS) is 11.1. The van der Waals surface area contributed by atoms with Crippen molar-refractivity contribution in [3.05, 3.63) is 50.7 Å². The first-order valence-corrected chi connectivity index (χ1v) is 6.96. The summed E-state index contributed by atoms with van der Waals surface area (Å²) in [4.78, 5) is 33.4. The van der Waals surface area contributed by atoms with E-state index in [1.165, 1.54) is 10.1 Å². The van der Waals surface area contributed by atoms with Crippen LogP contribution in [-0.2, 0) is 13.0 Å². The number of H-pyrrole nitrogens is 2. The van der Waals surface area contributed by atoms with Crippen LogP contribution in [0.4, 0.5) is 0 Å². The first-order chi connectivity index (χ1) is 10.1. The summed E-state index contributed by atoms with van der Waals surface area (Å²) in [6, 6.07) is 7.97. The lowest BCUT2D eigenvalue weighted by atomic mass is 10.1. The number of aryl methyl sites for hydroxylation is 2. The van der Waals surface area contributed by atoms with Crippen LogP contribution in [-0.4, -0.2) is 19.5 Å². The topological polar surface area (TPSA) is 83.5 Å². The third kappa shape index (κ3) is 2.18. The Labute approximate surface area is 120 Å². The van der Waals surface area contributed by atoms with Crippen LogP contribution >= 0.6 is 0 Å². The molecule has 2 aromatic heterocycles. The van der Waals surface area contributed by atoms with E-state index in [0.717, 1.165) is 12.0 Å². The van der Waals surface area contributed by atoms with Crippen molar-refractivity contribution >= 4 is 11.2 Å². The molecule has 2 N–H and O–H groups in total. The van der Waals surface area contributed by atoms with Crippen molar-refractivity contribution < 1.29 is 0 Å². The molecule has 21 heavy (non-hydrogen) atoms. The van der Waals surface area contributed by atoms with Crippen molar-refractivity contribution in [1.82, 2.24) is 19.5 Å². The number of nitrogens with one attached hydrogen (secondary N) is 2. The molecule has 0 atom stereocenters. The maximum atomic E-state index is 11.9. The van der Waals surface area contributed by atoms with Gasteiger partial charge in [-0.1, -0.05) is 31.2 Å². The van der Waals surface area contributed by atoms with Crippen LogP contribution in [0.25, 0.3) is 22.6 Å². The van der Waals surface area contributed by atoms with Crippen LogP contribution in [0.1, 0.15) is 19.4 Å². The van der Waals surface area contributed by atoms with Gasteiger partial charge in [-0.25, -0.2) is 9.78 Å². The summed E-state index contributed by atoms with van der Waals surface area (Å²) in [7, 11) is 0. The van der Waals surface area contributed by atoms with Crippen molar-refractivity contribution in [1.29, 1.82) is 0 Å². The highest BCUT2D eigenvalue weighted by molar-refractivity contribution is 5.75. The molecule has 3 aromatic rings. The monoisotopic (exact) mass is 284 g/mol. The average molecular weight is 284 g/mol. The predicted molar refractivity (Wildman–Crippen MR) is 81.5 cm³/mol. The molecule has 6 heteroatoms. The first kappa shape index (κ1) is 13.4. The maximum Gasteiger partial charge on any atom is 0.330 e. The molecular formula is C15H16N4O2. The van der Waals surface area contributed by atoms with E-state index in [-0.39, 0.29) is 0 Å². The number of fused-ring (bicyclic) bond motifs is 1. The van der Waals surface area contributed by atoms with E-state index in [1.54, 1.807) is 0 Å². The highest BCUT2D eigenvalue weighted by atomic mass is 16.2. The molecule has 6 nitrogen and oxygen atoms in total. The van der Waals surface area contributed by atoms with Gasteiger partial charge in [-0.15, -0.1) is 0 Å². The highest BCUT2D eigenvalue weighted by Crippen LogP contribution is 2.18. The van der Waals surface area contributed by atoms with Gasteiger partial charge in [0.05, 0.1) is 0 Å². The second-order valence-electron chi connectivity index (χ2n) is 4.84. The van der Waals surface area contributed by atoms with E-state index in [2.05, 4.69) is 21.9 Å². The van der Waals surface area contributed by atoms with Crippen molar-refractivity contribution in [2.75, 3.05) is 0 Å². The minimum atomic E-state index is -0.441. The van der Waals surface area contributed by atoms with Crippen LogP contribution in [0.3, 0.4) is 0 Å². The van der Waals surface area contributed by atoms with Gasteiger partial charge in [0.1, 0.15) is 11.3 Å². The Bertz CT molecular complexity index is 900. The van der Waals surface area contributed by atoms with Gasteiger partial charge >= 0.3 is 5.69 Å². The first-order valence-electron chi connectivity index (χ1n) is 6.96. The number of nitrogens with zero attached hydrogens (tertiary/aromatic N) is 2. The number of rotatable bonds is 3. The SMILES string of the molecule is CCc1ccc(-c2nc3c([nH]2)c(=O)[nH]c(=O)n3CC)cc1. The summed E-state index contributed by atoms with van der Waals surface area (Å²) in [6.07, 6.45) is 0.968. The molecule has 0 aliphatic carbocycles. The molecule has 0 saturated heterocycles. The molecule has 1 aromatic carbocycles. The van der Waals surface area contributed by atoms with E-state index < -0.39 is 11.2 Å². The standard InChI is InChI=1S/C15H16N4O2/c1-3-9-5-7-10(8-6-9)12-16-11-13(17-12)19(4-2)15(21)18-14(11)20/h5-8H,3-4H2,1-2H3,(H,16,17)(H,18,20,21). The van der Waals surface area contributed by atoms with Gasteiger partial charge in [-0.2, -0.15) is 0 Å². The Morgan fingerprint density at radius 3 is 2.43 bits per heavy atom. The molecule has 2 heterocycles. The predicted octanol–water partition coefficient (Wildman–Crippen LogP) is 1.66. The Morgan fingerprint density at radius 1 is 1.10 bits per heavy atom. The van der Waals surface area contributed by atoms with E-state index >= 15 is 0 Å². The van der Waals surface area contributed by atoms with E-state index in [1.807, 2.05) is 31.2 Å². The summed E-state index contributed by atoms with van der Waals surface area (Å²) in [6.45, 7) is 4.38. The number of hydrogen-bond donors (Lipinski definition) is 2. The van der Waals surface area contributed by atoms with Gasteiger partial charge in [0.2, 0.25) is 0 Å². The van der Waals surface area contributed by atoms with E-state index in [9.17, 15) is 9.59 Å². The second kappa shape index (κ2) is 5.05. The van der Waals surface area contributed by atoms with Crippen molar-refractivity contribution in [2.45, 2.75) is 26.8 Å². The number of aromatic amines is 2. The zero-order valence-corrected chi connectivity index (χ0v) is 11.9. The minimum absolute atomic E-state index is 0.325. The van der Waals surface area contributed by atoms with Gasteiger partial charge < -0.3 is 4.98 Å². The molecule has 3 rings (SSSR count).